The molecule has 5 rings (SSSR count). The fourth-order valence-electron chi connectivity index (χ4n) is 6.39. The van der Waals surface area contributed by atoms with Crippen LogP contribution < -0.4 is 10.6 Å². The minimum absolute atomic E-state index is 0. The maximum absolute atomic E-state index is 12.9. The molecular weight excluding hydrogens is 473 g/mol. The number of aromatic nitrogens is 1. The average molecular weight is 509 g/mol. The largest absolute Gasteiger partial charge is 0.394 e. The van der Waals surface area contributed by atoms with Gasteiger partial charge in [0.2, 0.25) is 0 Å². The van der Waals surface area contributed by atoms with E-state index in [4.69, 9.17) is 16.7 Å². The van der Waals surface area contributed by atoms with Gasteiger partial charge in [-0.3, -0.25) is 9.78 Å². The summed E-state index contributed by atoms with van der Waals surface area (Å²) in [5.41, 5.74) is 1.65. The quantitative estimate of drug-likeness (QED) is 0.363. The smallest absolute Gasteiger partial charge is 0.252 e. The molecule has 182 valence electrons. The average Bonchev–Trinajstić information content (AvgIpc) is 2.71. The van der Waals surface area contributed by atoms with Crippen LogP contribution >= 0.6 is 36.4 Å². The lowest BCUT2D eigenvalue weighted by molar-refractivity contribution is -0.0503. The zero-order valence-electron chi connectivity index (χ0n) is 18.4. The summed E-state index contributed by atoms with van der Waals surface area (Å²) in [6.45, 7) is 1.59. The molecule has 0 radical (unpaired) electrons. The van der Waals surface area contributed by atoms with E-state index in [-0.39, 0.29) is 37.3 Å². The van der Waals surface area contributed by atoms with E-state index in [0.717, 1.165) is 36.4 Å². The lowest BCUT2D eigenvalue weighted by Gasteiger charge is -2.56. The van der Waals surface area contributed by atoms with Crippen molar-refractivity contribution in [3.8, 4) is 0 Å². The summed E-state index contributed by atoms with van der Waals surface area (Å²) in [6.07, 6.45) is 10.4. The number of aryl methyl sites for hydroxylation is 1. The molecule has 0 aliphatic heterocycles. The molecule has 0 spiro atoms. The fraction of sp³-hybridized carbons (Fsp3) is 0.739. The third kappa shape index (κ3) is 6.71. The molecule has 9 heteroatoms. The van der Waals surface area contributed by atoms with Crippen molar-refractivity contribution in [1.29, 1.82) is 0 Å². The Kier molecular flexibility index (Phi) is 10.5. The maximum atomic E-state index is 12.9. The van der Waals surface area contributed by atoms with Crippen LogP contribution in [0, 0.1) is 23.2 Å². The van der Waals surface area contributed by atoms with Gasteiger partial charge in [-0.15, -0.1) is 24.8 Å². The summed E-state index contributed by atoms with van der Waals surface area (Å²) in [4.78, 5) is 17.3. The Labute approximate surface area is 208 Å². The molecule has 0 saturated heterocycles. The molecule has 1 amide bonds. The number of hydrogen-bond acceptors (Lipinski definition) is 5. The normalized spacial score (nSPS) is 28.5. The van der Waals surface area contributed by atoms with Crippen molar-refractivity contribution in [2.24, 2.45) is 23.2 Å². The van der Waals surface area contributed by atoms with Crippen molar-refractivity contribution in [3.05, 3.63) is 28.5 Å². The number of nitrogens with one attached hydrogen (secondary N) is 2. The lowest BCUT2D eigenvalue weighted by Crippen LogP contribution is -2.51. The topological polar surface area (TPSA) is 94.5 Å². The van der Waals surface area contributed by atoms with Crippen molar-refractivity contribution < 1.29 is 15.0 Å². The Balaban J connectivity index is 0.00000181. The number of carbonyl (C=O) groups excluding carboxylic acids is 1. The monoisotopic (exact) mass is 507 g/mol. The highest BCUT2D eigenvalue weighted by Gasteiger charge is 2.50. The molecule has 6 nitrogen and oxygen atoms in total. The van der Waals surface area contributed by atoms with Crippen molar-refractivity contribution in [3.63, 3.8) is 0 Å². The van der Waals surface area contributed by atoms with Crippen LogP contribution in [0.15, 0.2) is 12.3 Å². The Bertz CT molecular complexity index is 730. The van der Waals surface area contributed by atoms with Crippen molar-refractivity contribution >= 4 is 42.3 Å². The Morgan fingerprint density at radius 3 is 2.41 bits per heavy atom. The molecule has 4 fully saturated rings. The zero-order chi connectivity index (χ0) is 21.1. The van der Waals surface area contributed by atoms with E-state index in [1.54, 1.807) is 12.3 Å². The molecule has 4 bridgehead atoms. The van der Waals surface area contributed by atoms with Gasteiger partial charge in [0, 0.05) is 25.0 Å². The van der Waals surface area contributed by atoms with Gasteiger partial charge in [0.05, 0.1) is 23.3 Å². The minimum Gasteiger partial charge on any atom is -0.394 e. The van der Waals surface area contributed by atoms with E-state index < -0.39 is 6.10 Å². The predicted octanol–water partition coefficient (Wildman–Crippen LogP) is 3.40. The van der Waals surface area contributed by atoms with Gasteiger partial charge in [-0.1, -0.05) is 11.6 Å². The first-order chi connectivity index (χ1) is 14.5. The van der Waals surface area contributed by atoms with E-state index in [1.807, 2.05) is 0 Å². The molecule has 32 heavy (non-hydrogen) atoms. The van der Waals surface area contributed by atoms with E-state index in [9.17, 15) is 9.90 Å². The summed E-state index contributed by atoms with van der Waals surface area (Å²) in [6, 6.07) is 1.81. The molecule has 1 heterocycles. The standard InChI is InChI=1S/C23H34ClN3O3.2ClH/c24-21-12-26-18(2-1-3-25-11-19(29)13-28)7-20(21)22(30)27-14-23-8-15-4-16(9-23)6-17(5-15)10-23;;/h7,12,15-17,19,25,28-29H,1-6,8-11,13-14H2,(H,27,30);2*1H/t15?,16?,17?,19-,23?;;/m1../s1. The number of nitrogens with zero attached hydrogens (tertiary/aromatic N) is 1. The summed E-state index contributed by atoms with van der Waals surface area (Å²) in [7, 11) is 0. The first-order valence-electron chi connectivity index (χ1n) is 11.4. The van der Waals surface area contributed by atoms with Crippen LogP contribution in [0.1, 0.15) is 61.0 Å². The van der Waals surface area contributed by atoms with Gasteiger partial charge in [0.15, 0.2) is 0 Å². The number of hydrogen-bond donors (Lipinski definition) is 4. The van der Waals surface area contributed by atoms with Crippen LogP contribution in [0.3, 0.4) is 0 Å². The van der Waals surface area contributed by atoms with Crippen LogP contribution in [-0.4, -0.2) is 53.4 Å². The predicted molar refractivity (Wildman–Crippen MR) is 131 cm³/mol. The number of halogens is 3. The maximum Gasteiger partial charge on any atom is 0.252 e. The Morgan fingerprint density at radius 2 is 1.81 bits per heavy atom. The highest BCUT2D eigenvalue weighted by Crippen LogP contribution is 2.59. The molecule has 4 N–H and O–H groups in total. The number of aliphatic hydroxyl groups excluding tert-OH is 2. The van der Waals surface area contributed by atoms with E-state index in [1.165, 1.54) is 38.5 Å². The van der Waals surface area contributed by atoms with Crippen LogP contribution in [0.2, 0.25) is 5.02 Å². The first kappa shape index (κ1) is 27.6. The molecule has 1 atom stereocenters. The van der Waals surface area contributed by atoms with Crippen molar-refractivity contribution in [2.75, 3.05) is 26.2 Å². The number of carbonyl (C=O) groups is 1. The second kappa shape index (κ2) is 12.2. The third-order valence-corrected chi connectivity index (χ3v) is 7.62. The Hall–Kier alpha value is -0.630. The third-order valence-electron chi connectivity index (χ3n) is 7.32. The summed E-state index contributed by atoms with van der Waals surface area (Å²) >= 11 is 6.29. The summed E-state index contributed by atoms with van der Waals surface area (Å²) in [5.74, 6) is 2.52. The number of aliphatic hydroxyl groups is 2. The highest BCUT2D eigenvalue weighted by atomic mass is 35.5. The van der Waals surface area contributed by atoms with Gasteiger partial charge in [0.25, 0.3) is 5.91 Å². The van der Waals surface area contributed by atoms with E-state index >= 15 is 0 Å². The number of rotatable bonds is 10. The fourth-order valence-corrected chi connectivity index (χ4v) is 6.58. The first-order valence-corrected chi connectivity index (χ1v) is 11.8. The van der Waals surface area contributed by atoms with E-state index in [0.29, 0.717) is 35.5 Å². The second-order valence-electron chi connectivity index (χ2n) is 9.90. The van der Waals surface area contributed by atoms with Crippen LogP contribution in [-0.2, 0) is 6.42 Å². The van der Waals surface area contributed by atoms with Crippen LogP contribution in [0.4, 0.5) is 0 Å². The molecule has 4 aliphatic rings. The summed E-state index contributed by atoms with van der Waals surface area (Å²) < 4.78 is 0. The number of pyridine rings is 1. The zero-order valence-corrected chi connectivity index (χ0v) is 20.8. The molecule has 4 saturated carbocycles. The van der Waals surface area contributed by atoms with Gasteiger partial charge < -0.3 is 20.8 Å². The summed E-state index contributed by atoms with van der Waals surface area (Å²) in [5, 5.41) is 24.8. The molecule has 4 aliphatic carbocycles. The van der Waals surface area contributed by atoms with Gasteiger partial charge in [-0.2, -0.15) is 0 Å². The van der Waals surface area contributed by atoms with Gasteiger partial charge in [0.1, 0.15) is 0 Å². The molecule has 0 unspecified atom stereocenters. The van der Waals surface area contributed by atoms with Crippen LogP contribution in [0.5, 0.6) is 0 Å². The molecular formula is C23H36Cl3N3O3. The molecule has 1 aromatic heterocycles. The van der Waals surface area contributed by atoms with Crippen LogP contribution in [0.25, 0.3) is 0 Å². The SMILES string of the molecule is Cl.Cl.O=C(NCC12CC3CC(CC(C3)C1)C2)c1cc(CCCNC[C@@H](O)CO)ncc1Cl. The van der Waals surface area contributed by atoms with Gasteiger partial charge >= 0.3 is 0 Å². The van der Waals surface area contributed by atoms with Gasteiger partial charge in [-0.05, 0) is 87.1 Å². The van der Waals surface area contributed by atoms with E-state index in [2.05, 4.69) is 15.6 Å². The minimum atomic E-state index is -0.733. The molecule has 1 aromatic rings. The number of amides is 1. The highest BCUT2D eigenvalue weighted by molar-refractivity contribution is 6.33. The van der Waals surface area contributed by atoms with Gasteiger partial charge in [-0.25, -0.2) is 0 Å². The second-order valence-corrected chi connectivity index (χ2v) is 10.3. The Morgan fingerprint density at radius 1 is 1.19 bits per heavy atom. The molecule has 0 aromatic carbocycles. The lowest BCUT2D eigenvalue weighted by atomic mass is 9.49. The van der Waals surface area contributed by atoms with Crippen molar-refractivity contribution in [1.82, 2.24) is 15.6 Å². The van der Waals surface area contributed by atoms with Crippen molar-refractivity contribution in [2.45, 2.75) is 57.5 Å².